The molecule has 0 bridgehead atoms. The first-order valence-electron chi connectivity index (χ1n) is 2.62. The van der Waals surface area contributed by atoms with Crippen LogP contribution in [-0.4, -0.2) is 12.6 Å². The van der Waals surface area contributed by atoms with E-state index < -0.39 is 0 Å². The smallest absolute Gasteiger partial charge is 0.123 e. The van der Waals surface area contributed by atoms with Crippen LogP contribution in [0, 0.1) is 5.82 Å². The molecule has 0 heterocycles. The van der Waals surface area contributed by atoms with Gasteiger partial charge in [0.2, 0.25) is 0 Å². The van der Waals surface area contributed by atoms with Gasteiger partial charge in [-0.15, -0.1) is 0 Å². The second kappa shape index (κ2) is 3.85. The number of hydrogen-bond donors (Lipinski definition) is 0. The van der Waals surface area contributed by atoms with Crippen LogP contribution >= 0.6 is 0 Å². The van der Waals surface area contributed by atoms with Crippen molar-refractivity contribution in [3.63, 3.8) is 0 Å². The van der Waals surface area contributed by atoms with Gasteiger partial charge in [0.05, 0.1) is 7.11 Å². The van der Waals surface area contributed by atoms with E-state index in [9.17, 15) is 4.39 Å². The normalized spacial score (nSPS) is 8.20. The zero-order valence-corrected chi connectivity index (χ0v) is 5.60. The van der Waals surface area contributed by atoms with Gasteiger partial charge >= 0.3 is 0 Å². The predicted molar refractivity (Wildman–Crippen MR) is 36.6 cm³/mol. The predicted octanol–water partition coefficient (Wildman–Crippen LogP) is 1.01. The van der Waals surface area contributed by atoms with Crippen molar-refractivity contribution in [1.29, 1.82) is 0 Å². The van der Waals surface area contributed by atoms with Crippen LogP contribution in [0.15, 0.2) is 24.3 Å². The van der Waals surface area contributed by atoms with E-state index in [1.54, 1.807) is 19.2 Å². The van der Waals surface area contributed by atoms with Crippen LogP contribution in [0.4, 0.5) is 4.39 Å². The van der Waals surface area contributed by atoms with Crippen LogP contribution in [0.5, 0.6) is 5.75 Å². The average molecular weight is 144 g/mol. The summed E-state index contributed by atoms with van der Waals surface area (Å²) in [7, 11) is 1.55. The van der Waals surface area contributed by atoms with E-state index in [-0.39, 0.29) is 11.3 Å². The fourth-order valence-electron chi connectivity index (χ4n) is 0.571. The SMILES string of the molecule is COc1ccc(F)cc1.O. The molecule has 0 saturated heterocycles. The highest BCUT2D eigenvalue weighted by Gasteiger charge is 1.88. The monoisotopic (exact) mass is 144 g/mol. The van der Waals surface area contributed by atoms with E-state index in [0.717, 1.165) is 0 Å². The maximum Gasteiger partial charge on any atom is 0.123 e. The number of ether oxygens (including phenoxy) is 1. The molecule has 0 aliphatic rings. The minimum absolute atomic E-state index is 0. The first-order chi connectivity index (χ1) is 4.33. The Morgan fingerprint density at radius 3 is 2.10 bits per heavy atom. The van der Waals surface area contributed by atoms with Gasteiger partial charge < -0.3 is 10.2 Å². The average Bonchev–Trinajstić information content (AvgIpc) is 1.90. The van der Waals surface area contributed by atoms with Gasteiger partial charge in [-0.1, -0.05) is 0 Å². The Kier molecular flexibility index (Phi) is 3.43. The zero-order chi connectivity index (χ0) is 6.69. The summed E-state index contributed by atoms with van der Waals surface area (Å²) in [4.78, 5) is 0. The number of halogens is 1. The molecule has 10 heavy (non-hydrogen) atoms. The molecule has 0 atom stereocenters. The number of methoxy groups -OCH3 is 1. The Balaban J connectivity index is 0.000000810. The van der Waals surface area contributed by atoms with Crippen molar-refractivity contribution in [3.05, 3.63) is 30.1 Å². The standard InChI is InChI=1S/C7H7FO.H2O/c1-9-7-4-2-6(8)3-5-7;/h2-5H,1H3;1H2. The molecule has 0 radical (unpaired) electrons. The molecule has 0 amide bonds. The summed E-state index contributed by atoms with van der Waals surface area (Å²) in [5, 5.41) is 0. The van der Waals surface area contributed by atoms with Crippen LogP contribution in [0.25, 0.3) is 0 Å². The highest BCUT2D eigenvalue weighted by Crippen LogP contribution is 2.08. The van der Waals surface area contributed by atoms with Crippen molar-refractivity contribution in [3.8, 4) is 5.75 Å². The minimum atomic E-state index is -0.240. The molecule has 0 aliphatic carbocycles. The Morgan fingerprint density at radius 1 is 1.20 bits per heavy atom. The molecule has 2 nitrogen and oxygen atoms in total. The Hall–Kier alpha value is -1.09. The number of rotatable bonds is 1. The van der Waals surface area contributed by atoms with Crippen LogP contribution in [0.2, 0.25) is 0 Å². The molecule has 0 unspecified atom stereocenters. The second-order valence-electron chi connectivity index (χ2n) is 1.66. The third kappa shape index (κ3) is 2.03. The van der Waals surface area contributed by atoms with E-state index >= 15 is 0 Å². The van der Waals surface area contributed by atoms with Gasteiger partial charge in [0, 0.05) is 0 Å². The topological polar surface area (TPSA) is 40.7 Å². The zero-order valence-electron chi connectivity index (χ0n) is 5.60. The van der Waals surface area contributed by atoms with Gasteiger partial charge in [0.15, 0.2) is 0 Å². The summed E-state index contributed by atoms with van der Waals surface area (Å²) < 4.78 is 17.0. The molecule has 0 aromatic heterocycles. The summed E-state index contributed by atoms with van der Waals surface area (Å²) in [6.45, 7) is 0. The summed E-state index contributed by atoms with van der Waals surface area (Å²) in [5.74, 6) is 0.437. The van der Waals surface area contributed by atoms with Gasteiger partial charge in [-0.25, -0.2) is 4.39 Å². The lowest BCUT2D eigenvalue weighted by Gasteiger charge is -1.95. The second-order valence-corrected chi connectivity index (χ2v) is 1.66. The van der Waals surface area contributed by atoms with Gasteiger partial charge in [-0.05, 0) is 24.3 Å². The molecule has 0 fully saturated rings. The first kappa shape index (κ1) is 8.91. The molecule has 3 heteroatoms. The van der Waals surface area contributed by atoms with Crippen molar-refractivity contribution >= 4 is 0 Å². The molecule has 0 saturated carbocycles. The lowest BCUT2D eigenvalue weighted by molar-refractivity contribution is 0.413. The quantitative estimate of drug-likeness (QED) is 0.579. The molecular formula is C7H9FO2. The Bertz CT molecular complexity index is 183. The fourth-order valence-corrected chi connectivity index (χ4v) is 0.571. The minimum Gasteiger partial charge on any atom is -0.497 e. The van der Waals surface area contributed by atoms with Crippen molar-refractivity contribution in [2.75, 3.05) is 7.11 Å². The highest BCUT2D eigenvalue weighted by molar-refractivity contribution is 5.21. The van der Waals surface area contributed by atoms with Crippen molar-refractivity contribution < 1.29 is 14.6 Å². The highest BCUT2D eigenvalue weighted by atomic mass is 19.1. The van der Waals surface area contributed by atoms with Gasteiger partial charge in [0.1, 0.15) is 11.6 Å². The third-order valence-electron chi connectivity index (χ3n) is 1.05. The molecule has 1 aromatic carbocycles. The lowest BCUT2D eigenvalue weighted by atomic mass is 10.3. The van der Waals surface area contributed by atoms with Crippen LogP contribution in [0.1, 0.15) is 0 Å². The lowest BCUT2D eigenvalue weighted by Crippen LogP contribution is -1.80. The van der Waals surface area contributed by atoms with Gasteiger partial charge in [-0.3, -0.25) is 0 Å². The van der Waals surface area contributed by atoms with Crippen molar-refractivity contribution in [2.45, 2.75) is 0 Å². The largest absolute Gasteiger partial charge is 0.497 e. The molecule has 2 N–H and O–H groups in total. The summed E-state index contributed by atoms with van der Waals surface area (Å²) >= 11 is 0. The van der Waals surface area contributed by atoms with E-state index in [0.29, 0.717) is 5.75 Å². The van der Waals surface area contributed by atoms with Gasteiger partial charge in [0.25, 0.3) is 0 Å². The number of benzene rings is 1. The molecule has 1 aromatic rings. The third-order valence-corrected chi connectivity index (χ3v) is 1.05. The maximum absolute atomic E-state index is 12.2. The van der Waals surface area contributed by atoms with Crippen LogP contribution in [0.3, 0.4) is 0 Å². The maximum atomic E-state index is 12.2. The van der Waals surface area contributed by atoms with Crippen molar-refractivity contribution in [1.82, 2.24) is 0 Å². The van der Waals surface area contributed by atoms with E-state index in [1.807, 2.05) is 0 Å². The van der Waals surface area contributed by atoms with E-state index in [1.165, 1.54) is 12.1 Å². The van der Waals surface area contributed by atoms with Crippen molar-refractivity contribution in [2.24, 2.45) is 0 Å². The Morgan fingerprint density at radius 2 is 1.70 bits per heavy atom. The molecule has 56 valence electrons. The first-order valence-corrected chi connectivity index (χ1v) is 2.62. The molecule has 0 aliphatic heterocycles. The summed E-state index contributed by atoms with van der Waals surface area (Å²) in [6.07, 6.45) is 0. The van der Waals surface area contributed by atoms with Gasteiger partial charge in [-0.2, -0.15) is 0 Å². The molecule has 1 rings (SSSR count). The van der Waals surface area contributed by atoms with Crippen LogP contribution < -0.4 is 4.74 Å². The summed E-state index contributed by atoms with van der Waals surface area (Å²) in [6, 6.07) is 5.88. The fraction of sp³-hybridized carbons (Fsp3) is 0.143. The Labute approximate surface area is 58.6 Å². The van der Waals surface area contributed by atoms with E-state index in [2.05, 4.69) is 0 Å². The molecular weight excluding hydrogens is 135 g/mol. The number of hydrogen-bond acceptors (Lipinski definition) is 1. The van der Waals surface area contributed by atoms with Crippen LogP contribution in [-0.2, 0) is 0 Å². The van der Waals surface area contributed by atoms with E-state index in [4.69, 9.17) is 4.74 Å². The molecule has 0 spiro atoms. The summed E-state index contributed by atoms with van der Waals surface area (Å²) in [5.41, 5.74) is 0.